The molecule has 0 spiro atoms. The number of piperidine rings is 1. The minimum atomic E-state index is -0.873. The number of alkyl carbamates (subject to hydrolysis) is 1. The van der Waals surface area contributed by atoms with Gasteiger partial charge in [0.05, 0.1) is 0 Å². The van der Waals surface area contributed by atoms with E-state index in [9.17, 15) is 14.4 Å². The van der Waals surface area contributed by atoms with Crippen LogP contribution in [0.25, 0.3) is 16.7 Å². The van der Waals surface area contributed by atoms with Crippen molar-refractivity contribution in [3.63, 3.8) is 0 Å². The summed E-state index contributed by atoms with van der Waals surface area (Å²) in [4.78, 5) is 39.6. The maximum Gasteiger partial charge on any atom is 0.407 e. The molecule has 2 N–H and O–H groups in total. The largest absolute Gasteiger partial charge is 0.481 e. The van der Waals surface area contributed by atoms with Gasteiger partial charge in [0.15, 0.2) is 0 Å². The van der Waals surface area contributed by atoms with Crippen molar-refractivity contribution in [3.8, 4) is 11.1 Å². The third-order valence-electron chi connectivity index (χ3n) is 8.02. The highest BCUT2D eigenvalue weighted by atomic mass is 16.5. The molecule has 1 atom stereocenters. The van der Waals surface area contributed by atoms with E-state index in [1.807, 2.05) is 53.4 Å². The Morgan fingerprint density at radius 3 is 2.22 bits per heavy atom. The quantitative estimate of drug-likeness (QED) is 0.320. The van der Waals surface area contributed by atoms with Crippen LogP contribution >= 0.6 is 0 Å². The lowest BCUT2D eigenvalue weighted by molar-refractivity contribution is -0.137. The zero-order chi connectivity index (χ0) is 28.8. The molecule has 0 unspecified atom stereocenters. The summed E-state index contributed by atoms with van der Waals surface area (Å²) in [5, 5.41) is 11.9. The molecule has 1 saturated heterocycles. The number of carboxylic acids is 1. The van der Waals surface area contributed by atoms with E-state index >= 15 is 0 Å². The number of benzene rings is 3. The molecule has 1 heterocycles. The van der Waals surface area contributed by atoms with Crippen LogP contribution in [0, 0.1) is 0 Å². The average molecular weight is 553 g/mol. The van der Waals surface area contributed by atoms with Gasteiger partial charge in [-0.05, 0) is 64.6 Å². The molecule has 3 aromatic rings. The topological polar surface area (TPSA) is 95.9 Å². The molecule has 5 rings (SSSR count). The predicted molar refractivity (Wildman–Crippen MR) is 158 cm³/mol. The molecule has 7 heteroatoms. The van der Waals surface area contributed by atoms with E-state index in [0.29, 0.717) is 25.9 Å². The number of carbonyl (C=O) groups excluding carboxylic acids is 2. The second-order valence-electron chi connectivity index (χ2n) is 10.8. The van der Waals surface area contributed by atoms with Gasteiger partial charge in [0.1, 0.15) is 12.6 Å². The normalized spacial score (nSPS) is 15.0. The van der Waals surface area contributed by atoms with Crippen LogP contribution in [-0.2, 0) is 20.7 Å². The lowest BCUT2D eigenvalue weighted by Crippen LogP contribution is -2.51. The fourth-order valence-electron chi connectivity index (χ4n) is 5.87. The van der Waals surface area contributed by atoms with Gasteiger partial charge in [-0.25, -0.2) is 4.79 Å². The van der Waals surface area contributed by atoms with E-state index < -0.39 is 18.1 Å². The number of nitrogens with one attached hydrogen (secondary N) is 1. The number of carboxylic acid groups (broad SMARTS) is 1. The molecule has 3 aromatic carbocycles. The molecule has 0 bridgehead atoms. The molecule has 0 radical (unpaired) electrons. The van der Waals surface area contributed by atoms with Crippen LogP contribution in [0.15, 0.2) is 79.4 Å². The third kappa shape index (κ3) is 6.68. The Morgan fingerprint density at radius 2 is 1.56 bits per heavy atom. The Hall–Kier alpha value is -4.39. The van der Waals surface area contributed by atoms with Crippen LogP contribution in [-0.4, -0.2) is 53.7 Å². The first-order chi connectivity index (χ1) is 19.9. The highest BCUT2D eigenvalue weighted by Crippen LogP contribution is 2.44. The van der Waals surface area contributed by atoms with Crippen LogP contribution in [0.3, 0.4) is 0 Å². The molecule has 1 aliphatic heterocycles. The van der Waals surface area contributed by atoms with Crippen LogP contribution in [0.2, 0.25) is 0 Å². The number of hydrogen-bond donors (Lipinski definition) is 2. The van der Waals surface area contributed by atoms with Gasteiger partial charge in [-0.3, -0.25) is 9.59 Å². The number of likely N-dealkylation sites (tertiary alicyclic amines) is 1. The molecule has 212 valence electrons. The van der Waals surface area contributed by atoms with Gasteiger partial charge in [0.25, 0.3) is 0 Å². The molecule has 0 aromatic heterocycles. The smallest absolute Gasteiger partial charge is 0.407 e. The van der Waals surface area contributed by atoms with E-state index in [-0.39, 0.29) is 24.9 Å². The fraction of sp³-hybridized carbons (Fsp3) is 0.324. The van der Waals surface area contributed by atoms with Crippen LogP contribution in [0.1, 0.15) is 60.3 Å². The molecule has 2 aliphatic rings. The number of carbonyl (C=O) groups is 3. The van der Waals surface area contributed by atoms with Crippen molar-refractivity contribution in [1.82, 2.24) is 10.2 Å². The lowest BCUT2D eigenvalue weighted by atomic mass is 9.97. The maximum atomic E-state index is 13.6. The zero-order valence-corrected chi connectivity index (χ0v) is 23.2. The van der Waals surface area contributed by atoms with Crippen molar-refractivity contribution < 1.29 is 24.2 Å². The van der Waals surface area contributed by atoms with E-state index in [0.717, 1.165) is 58.2 Å². The van der Waals surface area contributed by atoms with E-state index in [1.165, 1.54) is 0 Å². The number of rotatable bonds is 10. The Labute approximate surface area is 240 Å². The summed E-state index contributed by atoms with van der Waals surface area (Å²) in [6, 6.07) is 23.1. The third-order valence-corrected chi connectivity index (χ3v) is 8.02. The van der Waals surface area contributed by atoms with Crippen LogP contribution in [0.5, 0.6) is 0 Å². The first-order valence-corrected chi connectivity index (χ1v) is 14.3. The van der Waals surface area contributed by atoms with Gasteiger partial charge >= 0.3 is 12.1 Å². The summed E-state index contributed by atoms with van der Waals surface area (Å²) in [5.74, 6) is -1.06. The second kappa shape index (κ2) is 12.9. The van der Waals surface area contributed by atoms with Crippen molar-refractivity contribution in [3.05, 3.63) is 102 Å². The summed E-state index contributed by atoms with van der Waals surface area (Å²) >= 11 is 0. The van der Waals surface area contributed by atoms with Gasteiger partial charge in [-0.15, -0.1) is 0 Å². The van der Waals surface area contributed by atoms with Crippen LogP contribution < -0.4 is 5.32 Å². The number of nitrogens with zero attached hydrogens (tertiary/aromatic N) is 1. The number of fused-ring (bicyclic) bond motifs is 3. The first kappa shape index (κ1) is 28.1. The molecule has 41 heavy (non-hydrogen) atoms. The van der Waals surface area contributed by atoms with Crippen molar-refractivity contribution in [2.75, 3.05) is 19.7 Å². The Bertz CT molecular complexity index is 1400. The van der Waals surface area contributed by atoms with Crippen molar-refractivity contribution >= 4 is 23.5 Å². The molecule has 0 saturated carbocycles. The summed E-state index contributed by atoms with van der Waals surface area (Å²) in [6.45, 7) is 5.56. The monoisotopic (exact) mass is 552 g/mol. The van der Waals surface area contributed by atoms with Crippen molar-refractivity contribution in [2.24, 2.45) is 0 Å². The second-order valence-corrected chi connectivity index (χ2v) is 10.8. The molecule has 1 aliphatic carbocycles. The summed E-state index contributed by atoms with van der Waals surface area (Å²) in [7, 11) is 0. The number of hydrogen-bond acceptors (Lipinski definition) is 4. The molecule has 1 fully saturated rings. The number of amides is 2. The highest BCUT2D eigenvalue weighted by Gasteiger charge is 2.31. The SMILES string of the molecule is C=C(CCC(=O)O)c1cccc(C[C@H](NC(=O)OCC2c3ccccc3-c3ccccc32)C(=O)N2CCCCC2)c1. The maximum absolute atomic E-state index is 13.6. The average Bonchev–Trinajstić information content (AvgIpc) is 3.32. The fourth-order valence-corrected chi connectivity index (χ4v) is 5.87. The minimum Gasteiger partial charge on any atom is -0.481 e. The summed E-state index contributed by atoms with van der Waals surface area (Å²) in [6.07, 6.45) is 3.00. The molecular weight excluding hydrogens is 516 g/mol. The lowest BCUT2D eigenvalue weighted by Gasteiger charge is -2.31. The predicted octanol–water partition coefficient (Wildman–Crippen LogP) is 6.03. The minimum absolute atomic E-state index is 0.00245. The summed E-state index contributed by atoms with van der Waals surface area (Å²) in [5.41, 5.74) is 6.96. The number of allylic oxidation sites excluding steroid dienone is 1. The molecular formula is C34H36N2O5. The number of ether oxygens (including phenoxy) is 1. The first-order valence-electron chi connectivity index (χ1n) is 14.3. The van der Waals surface area contributed by atoms with Crippen LogP contribution in [0.4, 0.5) is 4.79 Å². The van der Waals surface area contributed by atoms with E-state index in [4.69, 9.17) is 9.84 Å². The molecule has 2 amide bonds. The van der Waals surface area contributed by atoms with Gasteiger partial charge in [0, 0.05) is 31.8 Å². The Morgan fingerprint density at radius 1 is 0.902 bits per heavy atom. The van der Waals surface area contributed by atoms with E-state index in [1.54, 1.807) is 0 Å². The summed E-state index contributed by atoms with van der Waals surface area (Å²) < 4.78 is 5.77. The molecule has 7 nitrogen and oxygen atoms in total. The number of aliphatic carboxylic acids is 1. The zero-order valence-electron chi connectivity index (χ0n) is 23.2. The van der Waals surface area contributed by atoms with Gasteiger partial charge in [-0.1, -0.05) is 79.4 Å². The van der Waals surface area contributed by atoms with Gasteiger partial charge in [0.2, 0.25) is 5.91 Å². The Balaban J connectivity index is 1.29. The standard InChI is InChI=1S/C34H36N2O5/c1-23(16-17-32(37)38)25-11-9-10-24(20-25)21-31(33(39)36-18-7-2-8-19-36)35-34(40)41-22-30-28-14-5-3-12-26(28)27-13-4-6-15-29(27)30/h3-6,9-15,20,30-31H,1-2,7-8,16-19,21-22H2,(H,35,40)(H,37,38)/t31-/m0/s1. The van der Waals surface area contributed by atoms with Gasteiger partial charge in [-0.2, -0.15) is 0 Å². The van der Waals surface area contributed by atoms with Gasteiger partial charge < -0.3 is 20.1 Å². The van der Waals surface area contributed by atoms with Crippen molar-refractivity contribution in [1.29, 1.82) is 0 Å². The highest BCUT2D eigenvalue weighted by molar-refractivity contribution is 5.86. The Kier molecular flexibility index (Phi) is 8.82. The van der Waals surface area contributed by atoms with E-state index in [2.05, 4.69) is 36.2 Å². The van der Waals surface area contributed by atoms with Crippen molar-refractivity contribution in [2.45, 2.75) is 50.5 Å².